The monoisotopic (exact) mass is 495 g/mol. The molecular formula is C29H41N3O2S. The zero-order chi connectivity index (χ0) is 25.5. The molecule has 5 nitrogen and oxygen atoms in total. The van der Waals surface area contributed by atoms with Crippen LogP contribution in [0.15, 0.2) is 36.4 Å². The molecule has 1 amide bonds. The first kappa shape index (κ1) is 25.7. The summed E-state index contributed by atoms with van der Waals surface area (Å²) in [6.45, 7) is 17.2. The molecule has 2 fully saturated rings. The standard InChI is InChI=1S/C27H35N3O2S.C2H6/c1-18-6-9-22(24(14-18)29-13-11-27(5)16-20(27)17-29)25(31)28-21-8-7-19-10-12-30(23(19)15-21)33(32)26(2,3)4;1-2/h6-9,14-15,20H,10-13,16-17H2,1-5H3,(H,28,31);1-2H3. The highest BCUT2D eigenvalue weighted by molar-refractivity contribution is 7.87. The van der Waals surface area contributed by atoms with Crippen molar-refractivity contribution < 1.29 is 9.00 Å². The molecule has 1 aliphatic carbocycles. The Balaban J connectivity index is 0.00000141. The Bertz CT molecular complexity index is 1140. The summed E-state index contributed by atoms with van der Waals surface area (Å²) in [5.74, 6) is 0.657. The topological polar surface area (TPSA) is 52.7 Å². The van der Waals surface area contributed by atoms with Gasteiger partial charge >= 0.3 is 0 Å². The van der Waals surface area contributed by atoms with Crippen LogP contribution in [0.1, 0.15) is 75.9 Å². The van der Waals surface area contributed by atoms with E-state index in [0.29, 0.717) is 5.41 Å². The van der Waals surface area contributed by atoms with E-state index in [-0.39, 0.29) is 10.7 Å². The van der Waals surface area contributed by atoms with Gasteiger partial charge in [0.05, 0.1) is 16.0 Å². The van der Waals surface area contributed by atoms with E-state index in [9.17, 15) is 9.00 Å². The van der Waals surface area contributed by atoms with Gasteiger partial charge in [0.1, 0.15) is 11.0 Å². The average Bonchev–Trinajstić information content (AvgIpc) is 3.33. The minimum atomic E-state index is -1.13. The average molecular weight is 496 g/mol. The lowest BCUT2D eigenvalue weighted by molar-refractivity contribution is 0.102. The number of amides is 1. The predicted octanol–water partition coefficient (Wildman–Crippen LogP) is 6.33. The fraction of sp³-hybridized carbons (Fsp3) is 0.552. The van der Waals surface area contributed by atoms with E-state index in [1.807, 2.05) is 63.2 Å². The van der Waals surface area contributed by atoms with Gasteiger partial charge in [0, 0.05) is 31.0 Å². The lowest BCUT2D eigenvalue weighted by atomic mass is 9.96. The molecule has 5 rings (SSSR count). The summed E-state index contributed by atoms with van der Waals surface area (Å²) in [7, 11) is -1.13. The van der Waals surface area contributed by atoms with Crippen LogP contribution in [-0.4, -0.2) is 34.5 Å². The Labute approximate surface area is 213 Å². The second-order valence-corrected chi connectivity index (χ2v) is 13.4. The fourth-order valence-corrected chi connectivity index (χ4v) is 6.55. The molecule has 35 heavy (non-hydrogen) atoms. The number of benzene rings is 2. The number of piperidine rings is 1. The molecular weight excluding hydrogens is 454 g/mol. The van der Waals surface area contributed by atoms with E-state index in [4.69, 9.17) is 0 Å². The van der Waals surface area contributed by atoms with E-state index in [1.165, 1.54) is 24.0 Å². The Kier molecular flexibility index (Phi) is 7.07. The number of aryl methyl sites for hydroxylation is 1. The summed E-state index contributed by atoms with van der Waals surface area (Å²) in [4.78, 5) is 15.8. The third-order valence-electron chi connectivity index (χ3n) is 7.59. The number of rotatable bonds is 4. The smallest absolute Gasteiger partial charge is 0.257 e. The number of nitrogens with zero attached hydrogens (tertiary/aromatic N) is 2. The zero-order valence-corrected chi connectivity index (χ0v) is 23.2. The maximum atomic E-state index is 13.4. The first-order valence-electron chi connectivity index (χ1n) is 13.0. The second-order valence-electron chi connectivity index (χ2n) is 11.3. The molecule has 2 heterocycles. The summed E-state index contributed by atoms with van der Waals surface area (Å²) in [6.07, 6.45) is 3.37. The lowest BCUT2D eigenvalue weighted by Gasteiger charge is -2.33. The Morgan fingerprint density at radius 3 is 2.51 bits per heavy atom. The summed E-state index contributed by atoms with van der Waals surface area (Å²) in [5.41, 5.74) is 6.35. The number of nitrogens with one attached hydrogen (secondary N) is 1. The molecule has 0 aromatic heterocycles. The highest BCUT2D eigenvalue weighted by Crippen LogP contribution is 2.57. The van der Waals surface area contributed by atoms with Crippen LogP contribution in [-0.2, 0) is 17.4 Å². The van der Waals surface area contributed by atoms with Gasteiger partial charge in [-0.2, -0.15) is 0 Å². The van der Waals surface area contributed by atoms with E-state index in [2.05, 4.69) is 36.2 Å². The van der Waals surface area contributed by atoms with Gasteiger partial charge in [-0.1, -0.05) is 32.9 Å². The van der Waals surface area contributed by atoms with Crippen molar-refractivity contribution in [2.45, 2.75) is 72.5 Å². The van der Waals surface area contributed by atoms with Crippen molar-refractivity contribution in [3.63, 3.8) is 0 Å². The number of carbonyl (C=O) groups excluding carboxylic acids is 1. The van der Waals surface area contributed by atoms with Crippen molar-refractivity contribution in [1.29, 1.82) is 0 Å². The van der Waals surface area contributed by atoms with E-state index in [1.54, 1.807) is 0 Å². The van der Waals surface area contributed by atoms with Crippen molar-refractivity contribution in [2.75, 3.05) is 34.2 Å². The van der Waals surface area contributed by atoms with Gasteiger partial charge in [0.15, 0.2) is 0 Å². The van der Waals surface area contributed by atoms with Crippen LogP contribution in [0.25, 0.3) is 0 Å². The molecule has 1 saturated carbocycles. The second kappa shape index (κ2) is 9.61. The molecule has 3 unspecified atom stereocenters. The van der Waals surface area contributed by atoms with Crippen LogP contribution in [0.3, 0.4) is 0 Å². The van der Waals surface area contributed by atoms with E-state index in [0.717, 1.165) is 54.6 Å². The van der Waals surface area contributed by atoms with Crippen molar-refractivity contribution >= 4 is 34.0 Å². The van der Waals surface area contributed by atoms with Crippen LogP contribution < -0.4 is 14.5 Å². The van der Waals surface area contributed by atoms with E-state index >= 15 is 0 Å². The van der Waals surface area contributed by atoms with Crippen LogP contribution >= 0.6 is 0 Å². The molecule has 2 aromatic carbocycles. The Morgan fingerprint density at radius 1 is 1.09 bits per heavy atom. The van der Waals surface area contributed by atoms with Crippen LogP contribution in [0.4, 0.5) is 17.1 Å². The minimum Gasteiger partial charge on any atom is -0.371 e. The number of anilines is 3. The molecule has 0 spiro atoms. The third kappa shape index (κ3) is 5.13. The van der Waals surface area contributed by atoms with Crippen molar-refractivity contribution in [3.05, 3.63) is 53.1 Å². The molecule has 2 aliphatic heterocycles. The van der Waals surface area contributed by atoms with Crippen LogP contribution in [0, 0.1) is 18.3 Å². The maximum Gasteiger partial charge on any atom is 0.257 e. The minimum absolute atomic E-state index is 0.0874. The maximum absolute atomic E-state index is 13.4. The lowest BCUT2D eigenvalue weighted by Crippen LogP contribution is -2.36. The molecule has 1 N–H and O–H groups in total. The van der Waals surface area contributed by atoms with Crippen LogP contribution in [0.5, 0.6) is 0 Å². The number of hydrogen-bond donors (Lipinski definition) is 1. The first-order chi connectivity index (χ1) is 16.5. The summed E-state index contributed by atoms with van der Waals surface area (Å²) < 4.78 is 14.7. The normalized spacial score (nSPS) is 23.6. The number of carbonyl (C=O) groups is 1. The summed E-state index contributed by atoms with van der Waals surface area (Å²) >= 11 is 0. The molecule has 0 radical (unpaired) electrons. The van der Waals surface area contributed by atoms with Crippen molar-refractivity contribution in [3.8, 4) is 0 Å². The van der Waals surface area contributed by atoms with E-state index < -0.39 is 11.0 Å². The first-order valence-corrected chi connectivity index (χ1v) is 14.2. The van der Waals surface area contributed by atoms with Gasteiger partial charge in [0.2, 0.25) is 0 Å². The summed E-state index contributed by atoms with van der Waals surface area (Å²) in [6, 6.07) is 12.1. The van der Waals surface area contributed by atoms with Crippen molar-refractivity contribution in [1.82, 2.24) is 0 Å². The number of fused-ring (bicyclic) bond motifs is 2. The van der Waals surface area contributed by atoms with Gasteiger partial charge in [-0.3, -0.25) is 9.10 Å². The molecule has 2 aromatic rings. The third-order valence-corrected chi connectivity index (χ3v) is 9.42. The highest BCUT2D eigenvalue weighted by atomic mass is 32.2. The quantitative estimate of drug-likeness (QED) is 0.539. The van der Waals surface area contributed by atoms with Gasteiger partial charge in [-0.05, 0) is 93.7 Å². The highest BCUT2D eigenvalue weighted by Gasteiger charge is 2.52. The van der Waals surface area contributed by atoms with Gasteiger partial charge < -0.3 is 10.2 Å². The zero-order valence-electron chi connectivity index (χ0n) is 22.4. The Morgan fingerprint density at radius 2 is 1.83 bits per heavy atom. The van der Waals surface area contributed by atoms with Crippen LogP contribution in [0.2, 0.25) is 0 Å². The van der Waals surface area contributed by atoms with Crippen molar-refractivity contribution in [2.24, 2.45) is 11.3 Å². The predicted molar refractivity (Wildman–Crippen MR) is 149 cm³/mol. The molecule has 6 heteroatoms. The van der Waals surface area contributed by atoms with Gasteiger partial charge in [-0.15, -0.1) is 0 Å². The molecule has 3 atom stereocenters. The molecule has 0 bridgehead atoms. The van der Waals surface area contributed by atoms with Gasteiger partial charge in [0.25, 0.3) is 5.91 Å². The Hall–Kier alpha value is -2.34. The molecule has 190 valence electrons. The largest absolute Gasteiger partial charge is 0.371 e. The number of hydrogen-bond acceptors (Lipinski definition) is 3. The summed E-state index contributed by atoms with van der Waals surface area (Å²) in [5, 5.41) is 3.12. The molecule has 1 saturated heterocycles. The SMILES string of the molecule is CC.Cc1ccc(C(=O)Nc2ccc3c(c2)N(S(=O)C(C)(C)C)CC3)c(N2CCC3(C)CC3C2)c1. The van der Waals surface area contributed by atoms with Gasteiger partial charge in [-0.25, -0.2) is 4.21 Å². The fourth-order valence-electron chi connectivity index (χ4n) is 5.29. The molecule has 3 aliphatic rings.